The van der Waals surface area contributed by atoms with Crippen LogP contribution in [0.1, 0.15) is 16.8 Å². The fourth-order valence-corrected chi connectivity index (χ4v) is 3.59. The van der Waals surface area contributed by atoms with Gasteiger partial charge in [0.1, 0.15) is 10.3 Å². The van der Waals surface area contributed by atoms with E-state index in [9.17, 15) is 0 Å². The molecule has 2 aromatic heterocycles. The largest absolute Gasteiger partial charge is 0.358 e. The van der Waals surface area contributed by atoms with Crippen LogP contribution in [-0.4, -0.2) is 9.36 Å². The number of anilines is 1. The second-order valence-corrected chi connectivity index (χ2v) is 6.40. The number of hydrogen-bond donors (Lipinski definition) is 2. The maximum absolute atomic E-state index is 9.15. The van der Waals surface area contributed by atoms with Gasteiger partial charge >= 0.3 is 0 Å². The number of nitrogens with one attached hydrogen (secondary N) is 2. The molecule has 2 N–H and O–H groups in total. The van der Waals surface area contributed by atoms with Crippen molar-refractivity contribution in [3.63, 3.8) is 0 Å². The van der Waals surface area contributed by atoms with Crippen molar-refractivity contribution >= 4 is 40.1 Å². The molecular formula is C14H12N4S2. The number of H-pyrrole nitrogens is 1. The number of fused-ring (bicyclic) bond motifs is 1. The Bertz CT molecular complexity index is 810. The first kappa shape index (κ1) is 13.0. The summed E-state index contributed by atoms with van der Waals surface area (Å²) in [6, 6.07) is 8.32. The lowest BCUT2D eigenvalue weighted by Crippen LogP contribution is -1.88. The topological polar surface area (TPSA) is 64.5 Å². The molecule has 20 heavy (non-hydrogen) atoms. The van der Waals surface area contributed by atoms with Crippen molar-refractivity contribution in [3.8, 4) is 6.07 Å². The van der Waals surface area contributed by atoms with Crippen molar-refractivity contribution in [1.82, 2.24) is 9.36 Å². The molecule has 0 aliphatic carbocycles. The van der Waals surface area contributed by atoms with E-state index in [0.29, 0.717) is 5.56 Å². The summed E-state index contributed by atoms with van der Waals surface area (Å²) in [4.78, 5) is 3.18. The zero-order chi connectivity index (χ0) is 14.1. The van der Waals surface area contributed by atoms with Gasteiger partial charge in [-0.2, -0.15) is 9.64 Å². The third-order valence-electron chi connectivity index (χ3n) is 3.03. The summed E-state index contributed by atoms with van der Waals surface area (Å²) in [5, 5.41) is 10.1. The minimum Gasteiger partial charge on any atom is -0.358 e. The van der Waals surface area contributed by atoms with Gasteiger partial charge in [-0.15, -0.1) is 0 Å². The predicted octanol–water partition coefficient (Wildman–Crippen LogP) is 4.23. The maximum Gasteiger partial charge on any atom is 0.102 e. The molecule has 1 aromatic carbocycles. The SMILES string of the molecule is Cc1cc(SNc2ccc(C)c3c(C#N)c[nH]c23)sn1. The summed E-state index contributed by atoms with van der Waals surface area (Å²) in [5.41, 5.74) is 4.75. The van der Waals surface area contributed by atoms with Gasteiger partial charge in [-0.05, 0) is 55.0 Å². The average molecular weight is 300 g/mol. The third kappa shape index (κ3) is 2.26. The van der Waals surface area contributed by atoms with Crippen molar-refractivity contribution in [3.05, 3.63) is 41.2 Å². The van der Waals surface area contributed by atoms with E-state index in [2.05, 4.69) is 20.1 Å². The van der Waals surface area contributed by atoms with Crippen LogP contribution in [-0.2, 0) is 0 Å². The van der Waals surface area contributed by atoms with Crippen LogP contribution < -0.4 is 4.72 Å². The third-order valence-corrected chi connectivity index (χ3v) is 4.82. The fraction of sp³-hybridized carbons (Fsp3) is 0.143. The Balaban J connectivity index is 1.94. The van der Waals surface area contributed by atoms with Gasteiger partial charge in [0.2, 0.25) is 0 Å². The summed E-state index contributed by atoms with van der Waals surface area (Å²) in [7, 11) is 0. The number of aromatic nitrogens is 2. The van der Waals surface area contributed by atoms with Crippen LogP contribution >= 0.6 is 23.5 Å². The number of benzene rings is 1. The average Bonchev–Trinajstić information content (AvgIpc) is 3.05. The van der Waals surface area contributed by atoms with Crippen molar-refractivity contribution in [2.24, 2.45) is 0 Å². The molecule has 0 saturated carbocycles. The van der Waals surface area contributed by atoms with E-state index in [1.165, 1.54) is 23.5 Å². The lowest BCUT2D eigenvalue weighted by molar-refractivity contribution is 1.34. The fourth-order valence-electron chi connectivity index (χ4n) is 2.09. The number of nitrogens with zero attached hydrogens (tertiary/aromatic N) is 2. The Labute approximate surface area is 125 Å². The van der Waals surface area contributed by atoms with Gasteiger partial charge in [0, 0.05) is 11.6 Å². The van der Waals surface area contributed by atoms with Crippen LogP contribution in [0.5, 0.6) is 0 Å². The molecule has 0 atom stereocenters. The zero-order valence-corrected chi connectivity index (χ0v) is 12.7. The molecule has 0 saturated heterocycles. The van der Waals surface area contributed by atoms with E-state index >= 15 is 0 Å². The molecule has 0 aliphatic heterocycles. The summed E-state index contributed by atoms with van der Waals surface area (Å²) in [5.74, 6) is 0. The molecule has 0 aliphatic rings. The predicted molar refractivity (Wildman–Crippen MR) is 84.1 cm³/mol. The molecule has 100 valence electrons. The minimum atomic E-state index is 0.680. The van der Waals surface area contributed by atoms with E-state index in [-0.39, 0.29) is 0 Å². The van der Waals surface area contributed by atoms with Crippen molar-refractivity contribution in [2.45, 2.75) is 18.1 Å². The quantitative estimate of drug-likeness (QED) is 0.710. The lowest BCUT2D eigenvalue weighted by atomic mass is 10.1. The van der Waals surface area contributed by atoms with Crippen LogP contribution in [0.25, 0.3) is 10.9 Å². The Morgan fingerprint density at radius 3 is 2.95 bits per heavy atom. The van der Waals surface area contributed by atoms with Crippen LogP contribution in [0.3, 0.4) is 0 Å². The Morgan fingerprint density at radius 1 is 1.40 bits per heavy atom. The summed E-state index contributed by atoms with van der Waals surface area (Å²) in [6.07, 6.45) is 1.75. The van der Waals surface area contributed by atoms with Gasteiger partial charge in [-0.25, -0.2) is 0 Å². The molecule has 0 unspecified atom stereocenters. The van der Waals surface area contributed by atoms with Gasteiger partial charge in [0.15, 0.2) is 0 Å². The van der Waals surface area contributed by atoms with Crippen LogP contribution in [0, 0.1) is 25.2 Å². The smallest absolute Gasteiger partial charge is 0.102 e. The number of rotatable bonds is 3. The van der Waals surface area contributed by atoms with Gasteiger partial charge in [-0.3, -0.25) is 0 Å². The van der Waals surface area contributed by atoms with Gasteiger partial charge in [0.05, 0.1) is 22.5 Å². The maximum atomic E-state index is 9.15. The molecule has 0 bridgehead atoms. The molecule has 2 heterocycles. The molecule has 3 rings (SSSR count). The number of hydrogen-bond acceptors (Lipinski definition) is 5. The van der Waals surface area contributed by atoms with E-state index in [4.69, 9.17) is 5.26 Å². The number of aromatic amines is 1. The Morgan fingerprint density at radius 2 is 2.25 bits per heavy atom. The van der Waals surface area contributed by atoms with E-state index in [1.807, 2.05) is 32.0 Å². The molecular weight excluding hydrogens is 288 g/mol. The first-order chi connectivity index (χ1) is 9.69. The second-order valence-electron chi connectivity index (χ2n) is 4.49. The van der Waals surface area contributed by atoms with Crippen LogP contribution in [0.4, 0.5) is 5.69 Å². The van der Waals surface area contributed by atoms with Crippen LogP contribution in [0.15, 0.2) is 28.6 Å². The van der Waals surface area contributed by atoms with Crippen LogP contribution in [0.2, 0.25) is 0 Å². The van der Waals surface area contributed by atoms with Gasteiger partial charge < -0.3 is 9.71 Å². The monoisotopic (exact) mass is 300 g/mol. The summed E-state index contributed by atoms with van der Waals surface area (Å²) < 4.78 is 8.70. The number of nitriles is 1. The highest BCUT2D eigenvalue weighted by Crippen LogP contribution is 2.32. The van der Waals surface area contributed by atoms with E-state index in [1.54, 1.807) is 6.20 Å². The van der Waals surface area contributed by atoms with Gasteiger partial charge in [-0.1, -0.05) is 6.07 Å². The second kappa shape index (κ2) is 5.19. The molecule has 0 radical (unpaired) electrons. The molecule has 3 aromatic rings. The molecule has 6 heteroatoms. The highest BCUT2D eigenvalue weighted by Gasteiger charge is 2.10. The molecule has 0 fully saturated rings. The first-order valence-electron chi connectivity index (χ1n) is 6.06. The van der Waals surface area contributed by atoms with Crippen molar-refractivity contribution in [2.75, 3.05) is 4.72 Å². The van der Waals surface area contributed by atoms with E-state index in [0.717, 1.165) is 32.1 Å². The highest BCUT2D eigenvalue weighted by molar-refractivity contribution is 8.02. The molecule has 4 nitrogen and oxygen atoms in total. The van der Waals surface area contributed by atoms with Crippen molar-refractivity contribution in [1.29, 1.82) is 5.26 Å². The van der Waals surface area contributed by atoms with Crippen molar-refractivity contribution < 1.29 is 0 Å². The standard InChI is InChI=1S/C14H12N4S2/c1-8-3-4-11(14-13(8)10(6-15)7-16-14)18-20-12-5-9(2)17-19-12/h3-5,7,16,18H,1-2H3. The number of aryl methyl sites for hydroxylation is 2. The Kier molecular flexibility index (Phi) is 3.38. The normalized spacial score (nSPS) is 10.7. The zero-order valence-electron chi connectivity index (χ0n) is 11.0. The molecule has 0 spiro atoms. The van der Waals surface area contributed by atoms with E-state index < -0.39 is 0 Å². The summed E-state index contributed by atoms with van der Waals surface area (Å²) in [6.45, 7) is 4.00. The lowest BCUT2D eigenvalue weighted by Gasteiger charge is -2.06. The summed E-state index contributed by atoms with van der Waals surface area (Å²) >= 11 is 3.01. The molecule has 0 amide bonds. The van der Waals surface area contributed by atoms with Gasteiger partial charge in [0.25, 0.3) is 0 Å². The minimum absolute atomic E-state index is 0.680. The first-order valence-corrected chi connectivity index (χ1v) is 7.65. The highest BCUT2D eigenvalue weighted by atomic mass is 32.2. The Hall–Kier alpha value is -1.97.